The summed E-state index contributed by atoms with van der Waals surface area (Å²) >= 11 is 0. The van der Waals surface area contributed by atoms with Gasteiger partial charge in [-0.3, -0.25) is 4.79 Å². The summed E-state index contributed by atoms with van der Waals surface area (Å²) in [7, 11) is 0. The SMILES string of the molecule is CC1CCC2C(CCC3C2CCC2(C)C3CC(C)C2C(=O)CN/C=C(\C=N)C(F)(F)F)C1. The largest absolute Gasteiger partial charge is 0.419 e. The highest BCUT2D eigenvalue weighted by Gasteiger charge is 2.60. The van der Waals surface area contributed by atoms with Crippen molar-refractivity contribution in [2.24, 2.45) is 52.8 Å². The molecule has 9 atom stereocenters. The minimum Gasteiger partial charge on any atom is -0.383 e. The molecule has 180 valence electrons. The van der Waals surface area contributed by atoms with E-state index < -0.39 is 11.7 Å². The maximum atomic E-state index is 13.2. The van der Waals surface area contributed by atoms with E-state index in [9.17, 15) is 18.0 Å². The van der Waals surface area contributed by atoms with Gasteiger partial charge in [0.15, 0.2) is 5.78 Å². The van der Waals surface area contributed by atoms with E-state index in [0.717, 1.165) is 42.7 Å². The smallest absolute Gasteiger partial charge is 0.383 e. The topological polar surface area (TPSA) is 53.0 Å². The molecule has 0 aromatic heterocycles. The zero-order chi connectivity index (χ0) is 23.3. The first-order valence-corrected chi connectivity index (χ1v) is 12.6. The minimum absolute atomic E-state index is 0.0314. The van der Waals surface area contributed by atoms with E-state index in [1.165, 1.54) is 38.5 Å². The number of ketones is 1. The number of Topliss-reactive ketones (excluding diaryl/α,β-unsaturated/α-hetero) is 1. The van der Waals surface area contributed by atoms with Gasteiger partial charge >= 0.3 is 6.18 Å². The summed E-state index contributed by atoms with van der Waals surface area (Å²) in [5.41, 5.74) is -1.10. The second kappa shape index (κ2) is 8.79. The molecule has 2 N–H and O–H groups in total. The molecule has 0 amide bonds. The van der Waals surface area contributed by atoms with Crippen LogP contribution in [0.4, 0.5) is 13.2 Å². The van der Waals surface area contributed by atoms with Crippen molar-refractivity contribution in [3.8, 4) is 0 Å². The number of nitrogens with one attached hydrogen (secondary N) is 2. The average Bonchev–Trinajstić information content (AvgIpc) is 2.99. The molecule has 4 rings (SSSR count). The molecule has 32 heavy (non-hydrogen) atoms. The molecule has 0 aliphatic heterocycles. The molecule has 0 radical (unpaired) electrons. The Morgan fingerprint density at radius 2 is 1.78 bits per heavy atom. The minimum atomic E-state index is -4.58. The molecule has 0 aromatic rings. The zero-order valence-electron chi connectivity index (χ0n) is 19.7. The number of allylic oxidation sites excluding steroid dienone is 1. The lowest BCUT2D eigenvalue weighted by molar-refractivity contribution is -0.130. The lowest BCUT2D eigenvalue weighted by atomic mass is 9.49. The van der Waals surface area contributed by atoms with Gasteiger partial charge < -0.3 is 10.7 Å². The molecule has 0 heterocycles. The summed E-state index contributed by atoms with van der Waals surface area (Å²) < 4.78 is 38.5. The molecule has 4 saturated carbocycles. The molecule has 0 aromatic carbocycles. The van der Waals surface area contributed by atoms with Crippen LogP contribution in [-0.4, -0.2) is 24.7 Å². The van der Waals surface area contributed by atoms with E-state index >= 15 is 0 Å². The number of carbonyl (C=O) groups is 1. The molecule has 4 fully saturated rings. The summed E-state index contributed by atoms with van der Waals surface area (Å²) in [6.45, 7) is 6.77. The van der Waals surface area contributed by atoms with E-state index in [0.29, 0.717) is 11.8 Å². The number of hydrogen-bond donors (Lipinski definition) is 2. The van der Waals surface area contributed by atoms with E-state index in [1.807, 2.05) is 0 Å². The molecule has 6 heteroatoms. The quantitative estimate of drug-likeness (QED) is 0.475. The van der Waals surface area contributed by atoms with Crippen molar-refractivity contribution in [1.82, 2.24) is 5.32 Å². The van der Waals surface area contributed by atoms with Crippen molar-refractivity contribution in [3.63, 3.8) is 0 Å². The van der Waals surface area contributed by atoms with Gasteiger partial charge in [0, 0.05) is 18.3 Å². The first-order valence-electron chi connectivity index (χ1n) is 12.6. The van der Waals surface area contributed by atoms with Gasteiger partial charge in [-0.2, -0.15) is 13.2 Å². The van der Waals surface area contributed by atoms with Crippen molar-refractivity contribution in [2.45, 2.75) is 78.3 Å². The van der Waals surface area contributed by atoms with Gasteiger partial charge in [-0.05, 0) is 91.8 Å². The molecule has 0 bridgehead atoms. The highest BCUT2D eigenvalue weighted by Crippen LogP contribution is 2.65. The fourth-order valence-corrected chi connectivity index (χ4v) is 8.71. The van der Waals surface area contributed by atoms with Crippen LogP contribution in [0.15, 0.2) is 11.8 Å². The second-order valence-corrected chi connectivity index (χ2v) is 11.7. The Morgan fingerprint density at radius 3 is 2.47 bits per heavy atom. The summed E-state index contributed by atoms with van der Waals surface area (Å²) in [4.78, 5) is 13.2. The molecular formula is C26H39F3N2O. The third kappa shape index (κ3) is 4.16. The number of halogens is 3. The molecule has 9 unspecified atom stereocenters. The zero-order valence-corrected chi connectivity index (χ0v) is 19.7. The van der Waals surface area contributed by atoms with Gasteiger partial charge in [-0.25, -0.2) is 0 Å². The Hall–Kier alpha value is -1.33. The van der Waals surface area contributed by atoms with Crippen LogP contribution in [0.3, 0.4) is 0 Å². The van der Waals surface area contributed by atoms with Crippen LogP contribution in [-0.2, 0) is 4.79 Å². The summed E-state index contributed by atoms with van der Waals surface area (Å²) in [5, 5.41) is 9.54. The van der Waals surface area contributed by atoms with Crippen molar-refractivity contribution in [3.05, 3.63) is 11.8 Å². The van der Waals surface area contributed by atoms with E-state index in [-0.39, 0.29) is 35.8 Å². The van der Waals surface area contributed by atoms with E-state index in [2.05, 4.69) is 26.1 Å². The van der Waals surface area contributed by atoms with Crippen LogP contribution < -0.4 is 5.32 Å². The molecule has 4 aliphatic carbocycles. The Bertz CT molecular complexity index is 763. The fourth-order valence-electron chi connectivity index (χ4n) is 8.71. The predicted molar refractivity (Wildman–Crippen MR) is 120 cm³/mol. The normalized spacial score (nSPS) is 44.2. The summed E-state index contributed by atoms with van der Waals surface area (Å²) in [5.74, 6) is 4.93. The van der Waals surface area contributed by atoms with Crippen LogP contribution in [0.1, 0.15) is 72.1 Å². The van der Waals surface area contributed by atoms with Crippen LogP contribution >= 0.6 is 0 Å². The van der Waals surface area contributed by atoms with Gasteiger partial charge in [0.25, 0.3) is 0 Å². The van der Waals surface area contributed by atoms with Crippen molar-refractivity contribution in [1.29, 1.82) is 5.41 Å². The van der Waals surface area contributed by atoms with Crippen molar-refractivity contribution in [2.75, 3.05) is 6.54 Å². The van der Waals surface area contributed by atoms with Gasteiger partial charge in [0.1, 0.15) is 0 Å². The van der Waals surface area contributed by atoms with Gasteiger partial charge in [0.2, 0.25) is 0 Å². The van der Waals surface area contributed by atoms with Crippen LogP contribution in [0, 0.1) is 58.2 Å². The molecule has 4 aliphatic rings. The number of carbonyl (C=O) groups excluding carboxylic acids is 1. The van der Waals surface area contributed by atoms with Gasteiger partial charge in [-0.1, -0.05) is 27.2 Å². The highest BCUT2D eigenvalue weighted by atomic mass is 19.4. The highest BCUT2D eigenvalue weighted by molar-refractivity contribution is 5.85. The number of alkyl halides is 3. The van der Waals surface area contributed by atoms with Crippen LogP contribution in [0.5, 0.6) is 0 Å². The monoisotopic (exact) mass is 452 g/mol. The predicted octanol–water partition coefficient (Wildman–Crippen LogP) is 6.39. The molecular weight excluding hydrogens is 413 g/mol. The van der Waals surface area contributed by atoms with Crippen LogP contribution in [0.2, 0.25) is 0 Å². The van der Waals surface area contributed by atoms with Gasteiger partial charge in [-0.15, -0.1) is 0 Å². The van der Waals surface area contributed by atoms with Crippen molar-refractivity contribution >= 4 is 12.0 Å². The second-order valence-electron chi connectivity index (χ2n) is 11.7. The third-order valence-electron chi connectivity index (χ3n) is 9.92. The molecule has 0 saturated heterocycles. The first-order chi connectivity index (χ1) is 15.1. The number of rotatable bonds is 5. The molecule has 3 nitrogen and oxygen atoms in total. The van der Waals surface area contributed by atoms with Crippen molar-refractivity contribution < 1.29 is 18.0 Å². The van der Waals surface area contributed by atoms with Gasteiger partial charge in [0.05, 0.1) is 12.1 Å². The Labute approximate surface area is 190 Å². The fraction of sp³-hybridized carbons (Fsp3) is 0.846. The lowest BCUT2D eigenvalue weighted by Gasteiger charge is -2.56. The van der Waals surface area contributed by atoms with Crippen LogP contribution in [0.25, 0.3) is 0 Å². The van der Waals surface area contributed by atoms with E-state index in [1.54, 1.807) is 0 Å². The maximum Gasteiger partial charge on any atom is 0.419 e. The Kier molecular flexibility index (Phi) is 6.54. The maximum absolute atomic E-state index is 13.2. The Morgan fingerprint density at radius 1 is 1.06 bits per heavy atom. The number of fused-ring (bicyclic) bond motifs is 5. The average molecular weight is 453 g/mol. The third-order valence-corrected chi connectivity index (χ3v) is 9.92. The molecule has 0 spiro atoms. The standard InChI is InChI=1S/C26H39F3N2O/c1-15-4-6-19-17(10-15)5-7-21-20(19)8-9-25(3)22(21)11-16(2)24(25)23(32)14-31-13-18(12-30)26(27,28)29/h12-13,15-17,19-22,24,30-31H,4-11,14H2,1-3H3/b18-13+,30-12?. The number of hydrogen-bond acceptors (Lipinski definition) is 3. The summed E-state index contributed by atoms with van der Waals surface area (Å²) in [6, 6.07) is 0. The first kappa shape index (κ1) is 23.8. The lowest BCUT2D eigenvalue weighted by Crippen LogP contribution is -2.50. The Balaban J connectivity index is 1.45. The van der Waals surface area contributed by atoms with E-state index in [4.69, 9.17) is 5.41 Å². The summed E-state index contributed by atoms with van der Waals surface area (Å²) in [6.07, 6.45) is 6.60.